The molecular weight excluding hydrogens is 350 g/mol. The van der Waals surface area contributed by atoms with Gasteiger partial charge in [-0.25, -0.2) is 13.4 Å². The van der Waals surface area contributed by atoms with Crippen molar-refractivity contribution in [2.75, 3.05) is 0 Å². The van der Waals surface area contributed by atoms with Crippen LogP contribution in [0.15, 0.2) is 46.3 Å². The molecule has 1 aromatic carbocycles. The molecule has 0 saturated heterocycles. The zero-order chi connectivity index (χ0) is 18.3. The number of aromatic amines is 1. The molecule has 3 aromatic rings. The Morgan fingerprint density at radius 2 is 1.96 bits per heavy atom. The van der Waals surface area contributed by atoms with Gasteiger partial charge in [-0.1, -0.05) is 25.1 Å². The summed E-state index contributed by atoms with van der Waals surface area (Å²) >= 11 is 0. The van der Waals surface area contributed by atoms with E-state index in [9.17, 15) is 8.42 Å². The first-order valence-electron chi connectivity index (χ1n) is 8.83. The van der Waals surface area contributed by atoms with Gasteiger partial charge in [0.15, 0.2) is 0 Å². The summed E-state index contributed by atoms with van der Waals surface area (Å²) in [6.45, 7) is 3.84. The number of rotatable bonds is 6. The molecule has 6 nitrogen and oxygen atoms in total. The normalized spacial score (nSPS) is 15.9. The molecule has 0 aliphatic heterocycles. The van der Waals surface area contributed by atoms with Crippen molar-refractivity contribution < 1.29 is 13.2 Å². The van der Waals surface area contributed by atoms with Crippen molar-refractivity contribution in [1.82, 2.24) is 15.0 Å². The third-order valence-electron chi connectivity index (χ3n) is 4.72. The molecule has 4 rings (SSSR count). The summed E-state index contributed by atoms with van der Waals surface area (Å²) < 4.78 is 32.1. The second-order valence-corrected chi connectivity index (χ2v) is 8.59. The van der Waals surface area contributed by atoms with Crippen LogP contribution in [0, 0.1) is 12.8 Å². The lowest BCUT2D eigenvalue weighted by Crippen LogP contribution is -2.19. The summed E-state index contributed by atoms with van der Waals surface area (Å²) in [5.41, 5.74) is 0.909. The number of ether oxygens (including phenoxy) is 1. The van der Waals surface area contributed by atoms with Crippen LogP contribution >= 0.6 is 0 Å². The van der Waals surface area contributed by atoms with E-state index >= 15 is 0 Å². The number of hydrogen-bond acceptors (Lipinski definition) is 5. The first-order chi connectivity index (χ1) is 12.5. The van der Waals surface area contributed by atoms with Gasteiger partial charge in [0.1, 0.15) is 27.9 Å². The average molecular weight is 371 g/mol. The van der Waals surface area contributed by atoms with E-state index in [1.54, 1.807) is 37.3 Å². The van der Waals surface area contributed by atoms with Gasteiger partial charge < -0.3 is 9.72 Å². The molecule has 26 heavy (non-hydrogen) atoms. The molecule has 1 atom stereocenters. The first-order valence-corrected chi connectivity index (χ1v) is 10.3. The van der Waals surface area contributed by atoms with Crippen LogP contribution < -0.4 is 4.74 Å². The Hall–Kier alpha value is -2.41. The highest BCUT2D eigenvalue weighted by molar-refractivity contribution is 7.91. The van der Waals surface area contributed by atoms with Crippen LogP contribution in [-0.4, -0.2) is 29.5 Å². The maximum atomic E-state index is 13.0. The van der Waals surface area contributed by atoms with Crippen molar-refractivity contribution in [2.24, 2.45) is 5.92 Å². The van der Waals surface area contributed by atoms with Gasteiger partial charge in [-0.15, -0.1) is 0 Å². The number of aryl methyl sites for hydroxylation is 1. The molecule has 0 spiro atoms. The van der Waals surface area contributed by atoms with Gasteiger partial charge >= 0.3 is 0 Å². The lowest BCUT2D eigenvalue weighted by Gasteiger charge is -2.16. The molecule has 1 aliphatic rings. The van der Waals surface area contributed by atoms with Gasteiger partial charge in [0.2, 0.25) is 15.7 Å². The summed E-state index contributed by atoms with van der Waals surface area (Å²) in [6.07, 6.45) is 4.82. The number of sulfone groups is 1. The molecule has 1 aliphatic carbocycles. The largest absolute Gasteiger partial charge is 0.472 e. The zero-order valence-electron chi connectivity index (χ0n) is 14.8. The molecule has 1 unspecified atom stereocenters. The highest BCUT2D eigenvalue weighted by atomic mass is 32.2. The van der Waals surface area contributed by atoms with Crippen molar-refractivity contribution in [2.45, 2.75) is 49.0 Å². The molecule has 1 saturated carbocycles. The number of benzene rings is 1. The SMILES string of the molecule is CCC(Oc1nc(C)nc2c(S(=O)(=O)c3ccccc3)c[nH]c12)C1CC1. The number of fused-ring (bicyclic) bond motifs is 1. The van der Waals surface area contributed by atoms with Gasteiger partial charge in [-0.05, 0) is 44.2 Å². The lowest BCUT2D eigenvalue weighted by atomic mass is 10.2. The first kappa shape index (κ1) is 17.0. The average Bonchev–Trinajstić information content (AvgIpc) is 3.38. The Labute approximate surface area is 152 Å². The van der Waals surface area contributed by atoms with Crippen LogP contribution in [0.4, 0.5) is 0 Å². The number of hydrogen-bond donors (Lipinski definition) is 1. The fraction of sp³-hybridized carbons (Fsp3) is 0.368. The Kier molecular flexibility index (Phi) is 4.19. The minimum absolute atomic E-state index is 0.102. The highest BCUT2D eigenvalue weighted by Crippen LogP contribution is 2.38. The molecule has 136 valence electrons. The van der Waals surface area contributed by atoms with Gasteiger partial charge in [-0.3, -0.25) is 0 Å². The summed E-state index contributed by atoms with van der Waals surface area (Å²) in [7, 11) is -3.67. The molecule has 2 heterocycles. The van der Waals surface area contributed by atoms with Crippen LogP contribution in [-0.2, 0) is 9.84 Å². The van der Waals surface area contributed by atoms with E-state index in [1.807, 2.05) is 0 Å². The van der Waals surface area contributed by atoms with E-state index < -0.39 is 9.84 Å². The molecule has 2 aromatic heterocycles. The van der Waals surface area contributed by atoms with E-state index in [1.165, 1.54) is 19.0 Å². The zero-order valence-corrected chi connectivity index (χ0v) is 15.6. The molecule has 0 amide bonds. The lowest BCUT2D eigenvalue weighted by molar-refractivity contribution is 0.168. The number of nitrogens with one attached hydrogen (secondary N) is 1. The van der Waals surface area contributed by atoms with E-state index in [0.717, 1.165) is 6.42 Å². The van der Waals surface area contributed by atoms with Crippen molar-refractivity contribution in [1.29, 1.82) is 0 Å². The Balaban J connectivity index is 1.81. The van der Waals surface area contributed by atoms with Crippen LogP contribution in [0.25, 0.3) is 11.0 Å². The summed E-state index contributed by atoms with van der Waals surface area (Å²) in [6, 6.07) is 8.37. The number of H-pyrrole nitrogens is 1. The molecule has 0 bridgehead atoms. The predicted octanol–water partition coefficient (Wildman–Crippen LogP) is 3.67. The highest BCUT2D eigenvalue weighted by Gasteiger charge is 2.33. The smallest absolute Gasteiger partial charge is 0.242 e. The third-order valence-corrected chi connectivity index (χ3v) is 6.51. The second kappa shape index (κ2) is 6.39. The predicted molar refractivity (Wildman–Crippen MR) is 98.0 cm³/mol. The Bertz CT molecular complexity index is 1040. The maximum absolute atomic E-state index is 13.0. The Morgan fingerprint density at radius 3 is 2.62 bits per heavy atom. The van der Waals surface area contributed by atoms with Gasteiger partial charge in [0.25, 0.3) is 0 Å². The summed E-state index contributed by atoms with van der Waals surface area (Å²) in [5.74, 6) is 1.48. The minimum Gasteiger partial charge on any atom is -0.472 e. The van der Waals surface area contributed by atoms with E-state index in [-0.39, 0.29) is 15.9 Å². The maximum Gasteiger partial charge on any atom is 0.242 e. The second-order valence-electron chi connectivity index (χ2n) is 6.67. The molecule has 0 radical (unpaired) electrons. The summed E-state index contributed by atoms with van der Waals surface area (Å²) in [4.78, 5) is 12.2. The van der Waals surface area contributed by atoms with Crippen LogP contribution in [0.3, 0.4) is 0 Å². The van der Waals surface area contributed by atoms with Crippen molar-refractivity contribution in [3.8, 4) is 5.88 Å². The fourth-order valence-corrected chi connectivity index (χ4v) is 4.59. The van der Waals surface area contributed by atoms with Crippen molar-refractivity contribution in [3.05, 3.63) is 42.4 Å². The molecular formula is C19H21N3O3S. The molecule has 1 N–H and O–H groups in total. The number of aromatic nitrogens is 3. The van der Waals surface area contributed by atoms with E-state index in [2.05, 4.69) is 21.9 Å². The molecule has 7 heteroatoms. The Morgan fingerprint density at radius 1 is 1.23 bits per heavy atom. The minimum atomic E-state index is -3.67. The van der Waals surface area contributed by atoms with Gasteiger partial charge in [0, 0.05) is 6.20 Å². The van der Waals surface area contributed by atoms with Crippen molar-refractivity contribution in [3.63, 3.8) is 0 Å². The van der Waals surface area contributed by atoms with Gasteiger partial charge in [-0.2, -0.15) is 4.98 Å². The van der Waals surface area contributed by atoms with Gasteiger partial charge in [0.05, 0.1) is 4.90 Å². The van der Waals surface area contributed by atoms with Crippen LogP contribution in [0.5, 0.6) is 5.88 Å². The monoisotopic (exact) mass is 371 g/mol. The van der Waals surface area contributed by atoms with Crippen molar-refractivity contribution >= 4 is 20.9 Å². The standard InChI is InChI=1S/C19H21N3O3S/c1-3-15(13-9-10-13)25-19-18-17(21-12(2)22-19)16(11-20-18)26(23,24)14-7-5-4-6-8-14/h4-8,11,13,15,20H,3,9-10H2,1-2H3. The van der Waals surface area contributed by atoms with Crippen LogP contribution in [0.1, 0.15) is 32.0 Å². The topological polar surface area (TPSA) is 84.9 Å². The fourth-order valence-electron chi connectivity index (χ4n) is 3.20. The van der Waals surface area contributed by atoms with E-state index in [0.29, 0.717) is 28.7 Å². The van der Waals surface area contributed by atoms with Crippen LogP contribution in [0.2, 0.25) is 0 Å². The quantitative estimate of drug-likeness (QED) is 0.715. The number of nitrogens with zero attached hydrogens (tertiary/aromatic N) is 2. The summed E-state index contributed by atoms with van der Waals surface area (Å²) in [5, 5.41) is 0. The van der Waals surface area contributed by atoms with E-state index in [4.69, 9.17) is 4.74 Å². The third kappa shape index (κ3) is 2.96. The molecule has 1 fully saturated rings.